The maximum Gasteiger partial charge on any atom is 0.413 e. The number of pyridine rings is 4. The van der Waals surface area contributed by atoms with E-state index in [9.17, 15) is 19.2 Å². The highest BCUT2D eigenvalue weighted by Gasteiger charge is 2.29. The third-order valence-corrected chi connectivity index (χ3v) is 11.0. The van der Waals surface area contributed by atoms with Gasteiger partial charge in [-0.25, -0.2) is 38.9 Å². The van der Waals surface area contributed by atoms with E-state index in [4.69, 9.17) is 42.1 Å². The summed E-state index contributed by atoms with van der Waals surface area (Å²) in [4.78, 5) is 64.2. The smallest absolute Gasteiger partial charge is 0.413 e. The molecule has 4 N–H and O–H groups in total. The van der Waals surface area contributed by atoms with Gasteiger partial charge in [0.2, 0.25) is 11.8 Å². The maximum absolute atomic E-state index is 12.5. The number of nitrogens with zero attached hydrogens (tertiary/aromatic N) is 10. The summed E-state index contributed by atoms with van der Waals surface area (Å²) in [6.07, 6.45) is 0.679. The molecule has 0 aromatic carbocycles. The molecule has 2 aliphatic heterocycles. The Morgan fingerprint density at radius 1 is 0.742 bits per heavy atom. The molecule has 8 rings (SSSR count). The highest BCUT2D eigenvalue weighted by molar-refractivity contribution is 9.10. The molecule has 6 aromatic heterocycles. The molecule has 4 amide bonds. The second-order valence-corrected chi connectivity index (χ2v) is 16.2. The Morgan fingerprint density at radius 2 is 1.23 bits per heavy atom. The molecule has 0 aliphatic carbocycles. The van der Waals surface area contributed by atoms with Crippen LogP contribution < -0.4 is 30.7 Å². The van der Waals surface area contributed by atoms with Crippen LogP contribution in [-0.2, 0) is 33.2 Å². The van der Waals surface area contributed by atoms with Gasteiger partial charge in [0.1, 0.15) is 38.5 Å². The van der Waals surface area contributed by atoms with E-state index >= 15 is 0 Å². The van der Waals surface area contributed by atoms with Crippen molar-refractivity contribution in [2.45, 2.75) is 65.0 Å². The van der Waals surface area contributed by atoms with Crippen molar-refractivity contribution in [1.82, 2.24) is 49.9 Å². The van der Waals surface area contributed by atoms with Crippen LogP contribution >= 0.6 is 55.1 Å². The number of aryl methyl sites for hydroxylation is 2. The average molecular weight is 1080 g/mol. The van der Waals surface area contributed by atoms with Gasteiger partial charge in [-0.2, -0.15) is 0 Å². The number of nitrogens with one attached hydrogen (secondary N) is 4. The van der Waals surface area contributed by atoms with E-state index in [2.05, 4.69) is 93.7 Å². The van der Waals surface area contributed by atoms with Crippen LogP contribution in [0, 0.1) is 0 Å². The molecular formula is C40H40Br2Cl2N14O8. The van der Waals surface area contributed by atoms with Crippen molar-refractivity contribution in [3.8, 4) is 23.1 Å². The minimum absolute atomic E-state index is 0.107. The fraction of sp³-hybridized carbons (Fsp3) is 0.300. The summed E-state index contributed by atoms with van der Waals surface area (Å²) < 4.78 is 25.7. The Morgan fingerprint density at radius 3 is 1.73 bits per heavy atom. The van der Waals surface area contributed by atoms with Crippen LogP contribution in [0.1, 0.15) is 63.9 Å². The summed E-state index contributed by atoms with van der Waals surface area (Å²) in [5.74, 6) is 1.10. The number of carbonyl (C=O) groups excluding carboxylic acids is 4. The quantitative estimate of drug-likeness (QED) is 0.0993. The summed E-state index contributed by atoms with van der Waals surface area (Å²) in [7, 11) is 3.27. The normalized spacial score (nSPS) is 15.5. The number of halogens is 4. The van der Waals surface area contributed by atoms with Crippen molar-refractivity contribution < 1.29 is 38.1 Å². The van der Waals surface area contributed by atoms with Gasteiger partial charge in [-0.1, -0.05) is 59.6 Å². The average Bonchev–Trinajstić information content (AvgIpc) is 3.81. The van der Waals surface area contributed by atoms with Crippen LogP contribution in [0.4, 0.5) is 32.6 Å². The summed E-state index contributed by atoms with van der Waals surface area (Å²) in [6.45, 7) is 7.13. The van der Waals surface area contributed by atoms with Crippen molar-refractivity contribution in [1.29, 1.82) is 0 Å². The number of aromatic nitrogens is 10. The fourth-order valence-electron chi connectivity index (χ4n) is 5.94. The summed E-state index contributed by atoms with van der Waals surface area (Å²) in [5.41, 5.74) is 3.01. The number of fused-ring (bicyclic) bond motifs is 2. The molecule has 26 heteroatoms. The van der Waals surface area contributed by atoms with Crippen molar-refractivity contribution in [2.24, 2.45) is 14.1 Å². The number of amides is 4. The lowest BCUT2D eigenvalue weighted by Crippen LogP contribution is -2.36. The number of hydrogen-bond acceptors (Lipinski definition) is 16. The molecule has 0 spiro atoms. The first-order chi connectivity index (χ1) is 31.6. The monoisotopic (exact) mass is 1070 g/mol. The van der Waals surface area contributed by atoms with Gasteiger partial charge in [0.15, 0.2) is 34.1 Å². The molecule has 0 fully saturated rings. The van der Waals surface area contributed by atoms with Gasteiger partial charge in [-0.15, -0.1) is 10.2 Å². The molecule has 0 radical (unpaired) electrons. The van der Waals surface area contributed by atoms with Gasteiger partial charge in [-0.3, -0.25) is 20.2 Å². The van der Waals surface area contributed by atoms with Crippen LogP contribution in [0.5, 0.6) is 11.8 Å². The molecule has 66 heavy (non-hydrogen) atoms. The molecule has 346 valence electrons. The van der Waals surface area contributed by atoms with Gasteiger partial charge >= 0.3 is 12.2 Å². The predicted molar refractivity (Wildman–Crippen MR) is 247 cm³/mol. The minimum atomic E-state index is -0.725. The lowest BCUT2D eigenvalue weighted by Gasteiger charge is -2.24. The lowest BCUT2D eigenvalue weighted by atomic mass is 10.2. The number of ether oxygens (including phenoxy) is 4. The van der Waals surface area contributed by atoms with E-state index in [-0.39, 0.29) is 28.7 Å². The molecule has 6 aromatic rings. The second-order valence-electron chi connectivity index (χ2n) is 13.9. The Balaban J connectivity index is 0.000000180. The Bertz CT molecular complexity index is 2720. The first-order valence-corrected chi connectivity index (χ1v) is 22.1. The number of anilines is 4. The Hall–Kier alpha value is -6.50. The van der Waals surface area contributed by atoms with Gasteiger partial charge in [0.05, 0.1) is 5.69 Å². The van der Waals surface area contributed by atoms with Crippen LogP contribution in [0.3, 0.4) is 0 Å². The minimum Gasteiger partial charge on any atom is -0.463 e. The van der Waals surface area contributed by atoms with E-state index in [0.717, 1.165) is 0 Å². The van der Waals surface area contributed by atoms with E-state index in [1.54, 1.807) is 88.9 Å². The van der Waals surface area contributed by atoms with Crippen molar-refractivity contribution in [3.63, 3.8) is 0 Å². The Labute approximate surface area is 403 Å². The SMILES string of the molecule is CCC1Oc2nc(-c3nnn(C)c3NC(=O)O[C@H](C)c3cccnc3Cl)ccc2NC1=O.CCC1Oc2nc(Br)ccc2NC1=O.C[C@@H](OC(=O)Nc1c(Br)nnn1C)c1cccnc1Cl. The van der Waals surface area contributed by atoms with Gasteiger partial charge < -0.3 is 29.6 Å². The topological polar surface area (TPSA) is 266 Å². The summed E-state index contributed by atoms with van der Waals surface area (Å²) in [6, 6.07) is 13.7. The standard InChI is InChI=1S/C20H20ClN7O4.C11H11BrClN5O2.C9H9BrN2O2/c1-4-14-18(29)23-13-8-7-12(24-19(13)32-14)15-17(28(3)27-26-15)25-20(30)31-10(2)11-6-5-9-22-16(11)21;1-6(7-4-3-5-14-9(7)13)20-11(19)15-10-8(12)16-17-18(10)2;1-2-6-8(13)11-5-3-4-7(10)12-9(5)14-6/h5-10,14H,4H2,1-3H3,(H,23,29)(H,25,30);3-6H,1-2H3,(H,15,19);3-4,6H,2H2,1H3,(H,11,13)/t10-,14?;6-;/m11./s1. The van der Waals surface area contributed by atoms with Gasteiger partial charge in [-0.05, 0) is 94.9 Å². The molecular weight excluding hydrogens is 1040 g/mol. The maximum atomic E-state index is 12.5. The zero-order valence-electron chi connectivity index (χ0n) is 35.7. The zero-order chi connectivity index (χ0) is 47.7. The summed E-state index contributed by atoms with van der Waals surface area (Å²) >= 11 is 18.4. The predicted octanol–water partition coefficient (Wildman–Crippen LogP) is 8.23. The van der Waals surface area contributed by atoms with Crippen LogP contribution in [0.15, 0.2) is 70.1 Å². The highest BCUT2D eigenvalue weighted by Crippen LogP contribution is 2.34. The highest BCUT2D eigenvalue weighted by atomic mass is 79.9. The second kappa shape index (κ2) is 22.1. The zero-order valence-corrected chi connectivity index (χ0v) is 40.4. The lowest BCUT2D eigenvalue weighted by molar-refractivity contribution is -0.124. The van der Waals surface area contributed by atoms with E-state index in [1.807, 2.05) is 13.8 Å². The molecule has 0 bridgehead atoms. The Kier molecular flexibility index (Phi) is 16.4. The number of rotatable bonds is 9. The fourth-order valence-corrected chi connectivity index (χ4v) is 7.20. The van der Waals surface area contributed by atoms with Crippen LogP contribution in [0.2, 0.25) is 10.3 Å². The third kappa shape index (κ3) is 12.0. The van der Waals surface area contributed by atoms with E-state index in [1.165, 1.54) is 9.36 Å². The van der Waals surface area contributed by atoms with Gasteiger partial charge in [0, 0.05) is 37.6 Å². The molecule has 0 saturated carbocycles. The molecule has 8 heterocycles. The van der Waals surface area contributed by atoms with Crippen LogP contribution in [-0.4, -0.2) is 86.1 Å². The third-order valence-electron chi connectivity index (χ3n) is 9.35. The van der Waals surface area contributed by atoms with E-state index in [0.29, 0.717) is 72.8 Å². The van der Waals surface area contributed by atoms with Crippen LogP contribution in [0.25, 0.3) is 11.4 Å². The van der Waals surface area contributed by atoms with E-state index < -0.39 is 36.6 Å². The first kappa shape index (κ1) is 48.9. The van der Waals surface area contributed by atoms with Crippen molar-refractivity contribution in [2.75, 3.05) is 21.3 Å². The van der Waals surface area contributed by atoms with Gasteiger partial charge in [0.25, 0.3) is 11.8 Å². The number of carbonyl (C=O) groups is 4. The molecule has 2 unspecified atom stereocenters. The number of hydrogen-bond donors (Lipinski definition) is 4. The largest absolute Gasteiger partial charge is 0.463 e. The molecule has 2 aliphatic rings. The summed E-state index contributed by atoms with van der Waals surface area (Å²) in [5, 5.41) is 26.8. The first-order valence-electron chi connectivity index (χ1n) is 19.8. The molecule has 22 nitrogen and oxygen atoms in total. The van der Waals surface area contributed by atoms with Crippen molar-refractivity contribution in [3.05, 3.63) is 91.6 Å². The molecule has 4 atom stereocenters. The van der Waals surface area contributed by atoms with Crippen molar-refractivity contribution >= 4 is 102 Å². The molecule has 0 saturated heterocycles.